The summed E-state index contributed by atoms with van der Waals surface area (Å²) in [5.41, 5.74) is 7.18. The monoisotopic (exact) mass is 423 g/mol. The zero-order valence-corrected chi connectivity index (χ0v) is 22.7. The number of carboxylic acids is 3. The van der Waals surface area contributed by atoms with Crippen LogP contribution < -0.4 is 110 Å². The number of carbonyl (C=O) groups is 3. The molecule has 2 rings (SSSR count). The smallest absolute Gasteiger partial charge is 0.545 e. The number of benzene rings is 2. The van der Waals surface area contributed by atoms with Crippen LogP contribution in [0.2, 0.25) is 0 Å². The van der Waals surface area contributed by atoms with Gasteiger partial charge in [-0.1, -0.05) is 55.1 Å². The summed E-state index contributed by atoms with van der Waals surface area (Å²) < 4.78 is 0. The van der Waals surface area contributed by atoms with E-state index in [9.17, 15) is 29.7 Å². The summed E-state index contributed by atoms with van der Waals surface area (Å²) in [5.74, 6) is -4.27. The summed E-state index contributed by atoms with van der Waals surface area (Å²) in [4.78, 5) is 29.0. The number of hydrogen-bond acceptors (Lipinski definition) is 7. The van der Waals surface area contributed by atoms with Gasteiger partial charge in [0, 0.05) is 5.69 Å². The van der Waals surface area contributed by atoms with Crippen molar-refractivity contribution < 1.29 is 118 Å². The van der Waals surface area contributed by atoms with E-state index >= 15 is 0 Å². The second kappa shape index (κ2) is 21.8. The van der Waals surface area contributed by atoms with Crippen molar-refractivity contribution in [3.63, 3.8) is 0 Å². The fourth-order valence-electron chi connectivity index (χ4n) is 1.34. The van der Waals surface area contributed by atoms with Gasteiger partial charge in [0.2, 0.25) is 0 Å². The molecule has 0 saturated heterocycles. The molecule has 0 aliphatic heterocycles. The van der Waals surface area contributed by atoms with Gasteiger partial charge in [0.05, 0.1) is 17.9 Å². The molecule has 2 aromatic rings. The Kier molecular flexibility index (Phi) is 26.8. The molecule has 0 saturated carbocycles. The molecule has 0 radical (unpaired) electrons. The van der Waals surface area contributed by atoms with Crippen LogP contribution in [0.4, 0.5) is 5.69 Å². The molecule has 0 atom stereocenters. The fraction of sp³-hybridized carbons (Fsp3) is 0. The first-order valence-electron chi connectivity index (χ1n) is 7.10. The zero-order valence-electron chi connectivity index (χ0n) is 16.7. The van der Waals surface area contributed by atoms with Crippen molar-refractivity contribution >= 4 is 29.7 Å². The minimum Gasteiger partial charge on any atom is -0.545 e. The number of anilines is 1. The number of hydrogen-bond donors (Lipinski definition) is 1. The molecule has 136 valence electrons. The third-order valence-corrected chi connectivity index (χ3v) is 2.54. The molecule has 0 bridgehead atoms. The van der Waals surface area contributed by atoms with Gasteiger partial charge in [-0.25, -0.2) is 0 Å². The zero-order chi connectivity index (χ0) is 19.9. The first kappa shape index (κ1) is 35.6. The van der Waals surface area contributed by atoms with Gasteiger partial charge in [0.25, 0.3) is 0 Å². The van der Waals surface area contributed by atoms with E-state index in [-0.39, 0.29) is 94.2 Å². The second-order valence-electron chi connectivity index (χ2n) is 4.50. The van der Waals surface area contributed by atoms with Crippen LogP contribution >= 0.6 is 0 Å². The summed E-state index contributed by atoms with van der Waals surface area (Å²) >= 11 is 0. The predicted octanol–water partition coefficient (Wildman–Crippen LogP) is -9.98. The Bertz CT molecular complexity index is 749. The molecule has 0 unspecified atom stereocenters. The topological polar surface area (TPSA) is 146 Å². The van der Waals surface area contributed by atoms with Crippen LogP contribution in [-0.4, -0.2) is 17.9 Å². The van der Waals surface area contributed by atoms with Crippen molar-refractivity contribution in [3.05, 3.63) is 84.5 Å². The minimum absolute atomic E-state index is 0. The normalized spacial score (nSPS) is 8.14. The summed E-state index contributed by atoms with van der Waals surface area (Å²) in [6, 6.07) is 15.9. The van der Waals surface area contributed by atoms with E-state index < -0.39 is 17.9 Å². The Hall–Kier alpha value is -0.870. The standard InChI is InChI=1S/C8H8.C7H7NO2.C4H4O4.3Na/c1-2-8-6-4-3-5-7-8;8-6-3-1-5(2-4-6)7(9)10;5-3(6)1-2-4(7)8;;;/h2-7H,1H2;1-4H,8H2,(H,9,10);1-2H,(H,5,6)(H,7,8);;;/q;;;3*+1/p-3/b;;2-1-;;;. The molecule has 2 aromatic carbocycles. The Balaban J connectivity index is -0.000000155. The van der Waals surface area contributed by atoms with E-state index in [0.717, 1.165) is 0 Å². The summed E-state index contributed by atoms with van der Waals surface area (Å²) in [6.07, 6.45) is 2.60. The van der Waals surface area contributed by atoms with E-state index in [1.165, 1.54) is 29.8 Å². The maximum absolute atomic E-state index is 10.2. The fourth-order valence-corrected chi connectivity index (χ4v) is 1.34. The van der Waals surface area contributed by atoms with Crippen LogP contribution in [0.5, 0.6) is 0 Å². The summed E-state index contributed by atoms with van der Waals surface area (Å²) in [5, 5.41) is 29.0. The Labute approximate surface area is 235 Å². The quantitative estimate of drug-likeness (QED) is 0.292. The van der Waals surface area contributed by atoms with Crippen molar-refractivity contribution in [2.24, 2.45) is 0 Å². The van der Waals surface area contributed by atoms with Gasteiger partial charge in [-0.3, -0.25) is 0 Å². The average Bonchev–Trinajstić information content (AvgIpc) is 2.62. The van der Waals surface area contributed by atoms with Gasteiger partial charge in [0.15, 0.2) is 0 Å². The maximum atomic E-state index is 10.2. The molecule has 0 amide bonds. The van der Waals surface area contributed by atoms with Crippen molar-refractivity contribution in [1.82, 2.24) is 0 Å². The van der Waals surface area contributed by atoms with E-state index in [0.29, 0.717) is 17.8 Å². The van der Waals surface area contributed by atoms with Crippen molar-refractivity contribution in [2.45, 2.75) is 0 Å². The number of carboxylic acid groups (broad SMARTS) is 3. The summed E-state index contributed by atoms with van der Waals surface area (Å²) in [7, 11) is 0. The van der Waals surface area contributed by atoms with E-state index in [4.69, 9.17) is 5.73 Å². The number of nitrogens with two attached hydrogens (primary N) is 1. The van der Waals surface area contributed by atoms with Gasteiger partial charge in [-0.05, 0) is 35.4 Å². The maximum Gasteiger partial charge on any atom is 1.00 e. The number of carbonyl (C=O) groups excluding carboxylic acids is 3. The third kappa shape index (κ3) is 21.7. The Morgan fingerprint density at radius 2 is 1.17 bits per heavy atom. The molecule has 0 aromatic heterocycles. The number of aromatic carboxylic acids is 1. The van der Waals surface area contributed by atoms with Crippen LogP contribution in [0.1, 0.15) is 15.9 Å². The first-order valence-corrected chi connectivity index (χ1v) is 7.10. The average molecular weight is 423 g/mol. The number of rotatable bonds is 4. The molecule has 10 heteroatoms. The first-order chi connectivity index (χ1) is 12.3. The predicted molar refractivity (Wildman–Crippen MR) is 90.9 cm³/mol. The van der Waals surface area contributed by atoms with Crippen molar-refractivity contribution in [3.8, 4) is 0 Å². The van der Waals surface area contributed by atoms with Gasteiger partial charge in [-0.15, -0.1) is 0 Å². The molecule has 2 N–H and O–H groups in total. The Morgan fingerprint density at radius 1 is 0.759 bits per heavy atom. The van der Waals surface area contributed by atoms with Gasteiger partial charge in [-0.2, -0.15) is 0 Å². The van der Waals surface area contributed by atoms with E-state index in [2.05, 4.69) is 6.58 Å². The van der Waals surface area contributed by atoms with Gasteiger partial charge >= 0.3 is 88.7 Å². The molecule has 0 aliphatic rings. The van der Waals surface area contributed by atoms with Crippen LogP contribution in [-0.2, 0) is 9.59 Å². The largest absolute Gasteiger partial charge is 1.00 e. The van der Waals surface area contributed by atoms with Crippen LogP contribution in [0.3, 0.4) is 0 Å². The molecule has 29 heavy (non-hydrogen) atoms. The van der Waals surface area contributed by atoms with Crippen molar-refractivity contribution in [1.29, 1.82) is 0 Å². The molecule has 0 heterocycles. The van der Waals surface area contributed by atoms with Crippen molar-refractivity contribution in [2.75, 3.05) is 5.73 Å². The molecule has 0 fully saturated rings. The third-order valence-electron chi connectivity index (χ3n) is 2.54. The molecular formula is C19H16NNa3O6. The van der Waals surface area contributed by atoms with Crippen LogP contribution in [0, 0.1) is 0 Å². The van der Waals surface area contributed by atoms with Crippen LogP contribution in [0.25, 0.3) is 6.08 Å². The molecule has 0 spiro atoms. The van der Waals surface area contributed by atoms with Crippen LogP contribution in [0.15, 0.2) is 73.3 Å². The number of nitrogen functional groups attached to an aromatic ring is 1. The molecule has 7 nitrogen and oxygen atoms in total. The van der Waals surface area contributed by atoms with E-state index in [1.54, 1.807) is 0 Å². The second-order valence-corrected chi connectivity index (χ2v) is 4.50. The van der Waals surface area contributed by atoms with Gasteiger partial charge < -0.3 is 35.4 Å². The SMILES string of the molecule is C=Cc1ccccc1.Nc1ccc(C(=O)[O-])cc1.O=C([O-])/C=C\C(=O)[O-].[Na+].[Na+].[Na+]. The molecule has 0 aliphatic carbocycles. The number of aliphatic carboxylic acids is 2. The minimum atomic E-state index is -1.55. The summed E-state index contributed by atoms with van der Waals surface area (Å²) in [6.45, 7) is 3.63. The molecular weight excluding hydrogens is 407 g/mol. The Morgan fingerprint density at radius 3 is 1.45 bits per heavy atom. The van der Waals surface area contributed by atoms with E-state index in [1.807, 2.05) is 36.4 Å². The van der Waals surface area contributed by atoms with Gasteiger partial charge in [0.1, 0.15) is 0 Å².